The summed E-state index contributed by atoms with van der Waals surface area (Å²) in [6.07, 6.45) is 0. The van der Waals surface area contributed by atoms with Crippen LogP contribution in [0.3, 0.4) is 0 Å². The van der Waals surface area contributed by atoms with Gasteiger partial charge in [-0.3, -0.25) is 4.99 Å². The first-order valence-electron chi connectivity index (χ1n) is 5.27. The maximum Gasteiger partial charge on any atom is 0.143 e. The van der Waals surface area contributed by atoms with Gasteiger partial charge in [-0.05, 0) is 25.0 Å². The van der Waals surface area contributed by atoms with Crippen LogP contribution in [0.15, 0.2) is 23.2 Å². The molecule has 4 heteroatoms. The second-order valence-corrected chi connectivity index (χ2v) is 3.63. The van der Waals surface area contributed by atoms with E-state index in [-0.39, 0.29) is 0 Å². The van der Waals surface area contributed by atoms with Crippen molar-refractivity contribution in [2.45, 2.75) is 13.8 Å². The number of hydrogen-bond acceptors (Lipinski definition) is 3. The highest BCUT2D eigenvalue weighted by atomic mass is 16.5. The Morgan fingerprint density at radius 2 is 2.00 bits per heavy atom. The highest BCUT2D eigenvalue weighted by Crippen LogP contribution is 2.13. The molecule has 16 heavy (non-hydrogen) atoms. The second-order valence-electron chi connectivity index (χ2n) is 3.63. The van der Waals surface area contributed by atoms with Gasteiger partial charge in [0.15, 0.2) is 0 Å². The van der Waals surface area contributed by atoms with Gasteiger partial charge in [0.05, 0.1) is 13.2 Å². The van der Waals surface area contributed by atoms with Gasteiger partial charge in [0.2, 0.25) is 0 Å². The quantitative estimate of drug-likeness (QED) is 0.264. The summed E-state index contributed by atoms with van der Waals surface area (Å²) in [4.78, 5) is 4.38. The number of aryl methyl sites for hydroxylation is 2. The Hall–Kier alpha value is -1.39. The molecule has 88 valence electrons. The minimum atomic E-state index is 0.593. The summed E-state index contributed by atoms with van der Waals surface area (Å²) in [7, 11) is 1.66. The summed E-state index contributed by atoms with van der Waals surface area (Å²) in [5.74, 6) is 6.22. The van der Waals surface area contributed by atoms with Crippen LogP contribution in [-0.2, 0) is 4.74 Å². The van der Waals surface area contributed by atoms with Crippen LogP contribution < -0.4 is 11.3 Å². The zero-order chi connectivity index (χ0) is 12.0. The lowest BCUT2D eigenvalue weighted by atomic mass is 10.0. The molecule has 0 saturated carbocycles. The van der Waals surface area contributed by atoms with Crippen molar-refractivity contribution in [2.24, 2.45) is 10.8 Å². The van der Waals surface area contributed by atoms with Crippen molar-refractivity contribution in [1.82, 2.24) is 5.43 Å². The number of nitrogens with zero attached hydrogens (tertiary/aromatic N) is 1. The van der Waals surface area contributed by atoms with Crippen molar-refractivity contribution in [1.29, 1.82) is 0 Å². The zero-order valence-corrected chi connectivity index (χ0v) is 10.1. The molecule has 0 atom stereocenters. The predicted octanol–water partition coefficient (Wildman–Crippen LogP) is 1.16. The molecule has 0 unspecified atom stereocenters. The van der Waals surface area contributed by atoms with E-state index in [2.05, 4.69) is 10.4 Å². The number of ether oxygens (including phenoxy) is 1. The van der Waals surface area contributed by atoms with E-state index in [0.717, 1.165) is 16.7 Å². The van der Waals surface area contributed by atoms with Gasteiger partial charge in [-0.2, -0.15) is 0 Å². The average molecular weight is 221 g/mol. The number of hydrazine groups is 1. The van der Waals surface area contributed by atoms with E-state index in [1.807, 2.05) is 32.0 Å². The first-order valence-corrected chi connectivity index (χ1v) is 5.27. The van der Waals surface area contributed by atoms with E-state index in [1.54, 1.807) is 7.11 Å². The standard InChI is InChI=1S/C12H19N3O/c1-9-5-4-6-10(2)11(9)12(15-13)14-7-8-16-3/h4-6H,7-8,13H2,1-3H3,(H,14,15). The molecule has 0 heterocycles. The van der Waals surface area contributed by atoms with Gasteiger partial charge in [-0.1, -0.05) is 18.2 Å². The summed E-state index contributed by atoms with van der Waals surface area (Å²) in [5.41, 5.74) is 6.05. The van der Waals surface area contributed by atoms with E-state index in [0.29, 0.717) is 19.0 Å². The fourth-order valence-corrected chi connectivity index (χ4v) is 1.63. The van der Waals surface area contributed by atoms with Crippen LogP contribution in [0.5, 0.6) is 0 Å². The molecule has 0 aliphatic heterocycles. The zero-order valence-electron chi connectivity index (χ0n) is 10.1. The van der Waals surface area contributed by atoms with Crippen molar-refractivity contribution < 1.29 is 4.74 Å². The Balaban J connectivity index is 2.99. The molecular weight excluding hydrogens is 202 g/mol. The molecule has 0 aliphatic rings. The molecular formula is C12H19N3O. The topological polar surface area (TPSA) is 59.6 Å². The first kappa shape index (κ1) is 12.7. The lowest BCUT2D eigenvalue weighted by Crippen LogP contribution is -2.32. The largest absolute Gasteiger partial charge is 0.383 e. The van der Waals surface area contributed by atoms with Gasteiger partial charge in [0, 0.05) is 12.7 Å². The summed E-state index contributed by atoms with van der Waals surface area (Å²) in [6, 6.07) is 6.12. The third kappa shape index (κ3) is 3.05. The number of hydrogen-bond donors (Lipinski definition) is 2. The molecule has 1 rings (SSSR count). The summed E-state index contributed by atoms with van der Waals surface area (Å²) in [6.45, 7) is 5.29. The molecule has 0 aromatic heterocycles. The summed E-state index contributed by atoms with van der Waals surface area (Å²) < 4.78 is 4.96. The Morgan fingerprint density at radius 3 is 2.50 bits per heavy atom. The van der Waals surface area contributed by atoms with Gasteiger partial charge in [-0.15, -0.1) is 0 Å². The van der Waals surface area contributed by atoms with Gasteiger partial charge < -0.3 is 10.2 Å². The van der Waals surface area contributed by atoms with Crippen molar-refractivity contribution in [3.05, 3.63) is 34.9 Å². The predicted molar refractivity (Wildman–Crippen MR) is 66.5 cm³/mol. The fourth-order valence-electron chi connectivity index (χ4n) is 1.63. The molecule has 0 saturated heterocycles. The second kappa shape index (κ2) is 6.25. The summed E-state index contributed by atoms with van der Waals surface area (Å²) in [5, 5.41) is 0. The summed E-state index contributed by atoms with van der Waals surface area (Å²) >= 11 is 0. The van der Waals surface area contributed by atoms with E-state index < -0.39 is 0 Å². The van der Waals surface area contributed by atoms with Gasteiger partial charge >= 0.3 is 0 Å². The van der Waals surface area contributed by atoms with Crippen LogP contribution in [0.25, 0.3) is 0 Å². The van der Waals surface area contributed by atoms with Crippen LogP contribution >= 0.6 is 0 Å². The van der Waals surface area contributed by atoms with E-state index >= 15 is 0 Å². The number of nitrogens with one attached hydrogen (secondary N) is 1. The number of aliphatic imine (C=N–C) groups is 1. The molecule has 1 aromatic rings. The molecule has 3 N–H and O–H groups in total. The molecule has 0 aliphatic carbocycles. The van der Waals surface area contributed by atoms with Crippen molar-refractivity contribution in [3.63, 3.8) is 0 Å². The number of rotatable bonds is 4. The Kier molecular flexibility index (Phi) is 4.95. The van der Waals surface area contributed by atoms with Gasteiger partial charge in [0.1, 0.15) is 5.84 Å². The van der Waals surface area contributed by atoms with Crippen LogP contribution in [0.2, 0.25) is 0 Å². The van der Waals surface area contributed by atoms with E-state index in [9.17, 15) is 0 Å². The van der Waals surface area contributed by atoms with E-state index in [1.165, 1.54) is 0 Å². The first-order chi connectivity index (χ1) is 7.70. The molecule has 0 radical (unpaired) electrons. The molecule has 1 aromatic carbocycles. The maximum atomic E-state index is 5.50. The third-order valence-corrected chi connectivity index (χ3v) is 2.42. The third-order valence-electron chi connectivity index (χ3n) is 2.42. The Labute approximate surface area is 96.5 Å². The van der Waals surface area contributed by atoms with Crippen molar-refractivity contribution >= 4 is 5.84 Å². The number of benzene rings is 1. The van der Waals surface area contributed by atoms with Crippen molar-refractivity contribution in [2.75, 3.05) is 20.3 Å². The Morgan fingerprint density at radius 1 is 1.38 bits per heavy atom. The van der Waals surface area contributed by atoms with E-state index in [4.69, 9.17) is 10.6 Å². The highest BCUT2D eigenvalue weighted by Gasteiger charge is 2.07. The minimum absolute atomic E-state index is 0.593. The minimum Gasteiger partial charge on any atom is -0.383 e. The average Bonchev–Trinajstić information content (AvgIpc) is 2.26. The molecule has 4 nitrogen and oxygen atoms in total. The lowest BCUT2D eigenvalue weighted by Gasteiger charge is -2.12. The number of amidine groups is 1. The maximum absolute atomic E-state index is 5.50. The van der Waals surface area contributed by atoms with Crippen LogP contribution in [0, 0.1) is 13.8 Å². The number of nitrogens with two attached hydrogens (primary N) is 1. The normalized spacial score (nSPS) is 11.6. The fraction of sp³-hybridized carbons (Fsp3) is 0.417. The highest BCUT2D eigenvalue weighted by molar-refractivity contribution is 6.00. The lowest BCUT2D eigenvalue weighted by molar-refractivity contribution is 0.208. The van der Waals surface area contributed by atoms with Gasteiger partial charge in [-0.25, -0.2) is 5.84 Å². The molecule has 0 amide bonds. The van der Waals surface area contributed by atoms with Crippen LogP contribution in [-0.4, -0.2) is 26.1 Å². The SMILES string of the molecule is COCCN=C(NN)c1c(C)cccc1C. The Bertz CT molecular complexity index is 354. The molecule has 0 fully saturated rings. The monoisotopic (exact) mass is 221 g/mol. The number of methoxy groups -OCH3 is 1. The molecule has 0 bridgehead atoms. The van der Waals surface area contributed by atoms with Crippen molar-refractivity contribution in [3.8, 4) is 0 Å². The van der Waals surface area contributed by atoms with Crippen LogP contribution in [0.4, 0.5) is 0 Å². The van der Waals surface area contributed by atoms with Crippen LogP contribution in [0.1, 0.15) is 16.7 Å². The molecule has 0 spiro atoms. The smallest absolute Gasteiger partial charge is 0.143 e. The van der Waals surface area contributed by atoms with Gasteiger partial charge in [0.25, 0.3) is 0 Å².